The monoisotopic (exact) mass is 320 g/mol. The number of aromatic nitrogens is 2. The molecule has 0 unspecified atom stereocenters. The molecule has 4 rings (SSSR count). The molecular formula is C18H12N2O4. The molecule has 0 aliphatic carbocycles. The number of aryl methyl sites for hydroxylation is 2. The normalized spacial score (nSPS) is 11.2. The van der Waals surface area contributed by atoms with Crippen LogP contribution in [-0.2, 0) is 0 Å². The van der Waals surface area contributed by atoms with Crippen molar-refractivity contribution in [1.82, 2.24) is 9.97 Å². The van der Waals surface area contributed by atoms with Crippen LogP contribution in [0, 0.1) is 13.8 Å². The van der Waals surface area contributed by atoms with E-state index in [1.807, 2.05) is 12.1 Å². The van der Waals surface area contributed by atoms with Gasteiger partial charge in [-0.25, -0.2) is 19.6 Å². The Hall–Kier alpha value is -3.28. The summed E-state index contributed by atoms with van der Waals surface area (Å²) in [5, 5.41) is 0.791. The van der Waals surface area contributed by atoms with Crippen molar-refractivity contribution in [2.45, 2.75) is 13.8 Å². The van der Waals surface area contributed by atoms with Crippen molar-refractivity contribution >= 4 is 21.8 Å². The van der Waals surface area contributed by atoms with Gasteiger partial charge in [0.05, 0.1) is 21.8 Å². The predicted octanol–water partition coefficient (Wildman–Crippen LogP) is 2.97. The van der Waals surface area contributed by atoms with Gasteiger partial charge < -0.3 is 8.83 Å². The highest BCUT2D eigenvalue weighted by Crippen LogP contribution is 2.24. The minimum atomic E-state index is -0.433. The molecule has 0 saturated carbocycles. The van der Waals surface area contributed by atoms with Crippen LogP contribution in [0.25, 0.3) is 32.9 Å². The summed E-state index contributed by atoms with van der Waals surface area (Å²) in [5.74, 6) is 0.648. The highest BCUT2D eigenvalue weighted by Gasteiger charge is 2.09. The van der Waals surface area contributed by atoms with E-state index in [1.165, 1.54) is 0 Å². The topological polar surface area (TPSA) is 86.2 Å². The van der Waals surface area contributed by atoms with Gasteiger partial charge in [-0.15, -0.1) is 0 Å². The molecule has 0 aliphatic heterocycles. The van der Waals surface area contributed by atoms with Gasteiger partial charge >= 0.3 is 11.3 Å². The van der Waals surface area contributed by atoms with Crippen molar-refractivity contribution in [3.8, 4) is 11.1 Å². The van der Waals surface area contributed by atoms with E-state index in [9.17, 15) is 9.59 Å². The number of hydrogen-bond acceptors (Lipinski definition) is 6. The lowest BCUT2D eigenvalue weighted by Gasteiger charge is -2.05. The van der Waals surface area contributed by atoms with E-state index in [2.05, 4.69) is 9.97 Å². The summed E-state index contributed by atoms with van der Waals surface area (Å²) in [5.41, 5.74) is 1.84. The van der Waals surface area contributed by atoms with E-state index in [0.717, 1.165) is 11.1 Å². The zero-order valence-corrected chi connectivity index (χ0v) is 13.0. The summed E-state index contributed by atoms with van der Waals surface area (Å²) in [6.07, 6.45) is 0. The van der Waals surface area contributed by atoms with Gasteiger partial charge in [-0.2, -0.15) is 0 Å². The third-order valence-electron chi connectivity index (χ3n) is 3.80. The second kappa shape index (κ2) is 5.13. The van der Waals surface area contributed by atoms with E-state index in [0.29, 0.717) is 33.6 Å². The van der Waals surface area contributed by atoms with Crippen molar-refractivity contribution in [2.75, 3.05) is 0 Å². The van der Waals surface area contributed by atoms with Crippen LogP contribution in [0.3, 0.4) is 0 Å². The molecule has 0 spiro atoms. The molecule has 6 heteroatoms. The fourth-order valence-electron chi connectivity index (χ4n) is 2.72. The highest BCUT2D eigenvalue weighted by atomic mass is 16.4. The fraction of sp³-hybridized carbons (Fsp3) is 0.111. The predicted molar refractivity (Wildman–Crippen MR) is 89.0 cm³/mol. The SMILES string of the molecule is Cc1nc2ccc(-c3ccc4nc(C)oc(=O)c4c3)cc2c(=O)o1. The molecule has 118 valence electrons. The number of hydrogen-bond donors (Lipinski definition) is 0. The van der Waals surface area contributed by atoms with Crippen LogP contribution in [0.1, 0.15) is 11.8 Å². The molecule has 6 nitrogen and oxygen atoms in total. The van der Waals surface area contributed by atoms with Crippen LogP contribution >= 0.6 is 0 Å². The third-order valence-corrected chi connectivity index (χ3v) is 3.80. The summed E-state index contributed by atoms with van der Waals surface area (Å²) in [7, 11) is 0. The van der Waals surface area contributed by atoms with E-state index in [4.69, 9.17) is 8.83 Å². The Balaban J connectivity index is 1.96. The number of rotatable bonds is 1. The molecule has 0 fully saturated rings. The summed E-state index contributed by atoms with van der Waals surface area (Å²) in [4.78, 5) is 32.4. The van der Waals surface area contributed by atoms with E-state index in [1.54, 1.807) is 38.1 Å². The molecule has 24 heavy (non-hydrogen) atoms. The number of fused-ring (bicyclic) bond motifs is 2. The molecule has 4 aromatic rings. The van der Waals surface area contributed by atoms with Crippen molar-refractivity contribution < 1.29 is 8.83 Å². The average Bonchev–Trinajstić information content (AvgIpc) is 2.54. The van der Waals surface area contributed by atoms with Gasteiger partial charge in [-0.3, -0.25) is 0 Å². The van der Waals surface area contributed by atoms with E-state index < -0.39 is 11.3 Å². The summed E-state index contributed by atoms with van der Waals surface area (Å²) in [6.45, 7) is 3.26. The van der Waals surface area contributed by atoms with Crippen LogP contribution in [0.4, 0.5) is 0 Å². The van der Waals surface area contributed by atoms with E-state index in [-0.39, 0.29) is 0 Å². The molecule has 0 bridgehead atoms. The largest absolute Gasteiger partial charge is 0.408 e. The average molecular weight is 320 g/mol. The molecule has 2 aromatic carbocycles. The second-order valence-corrected chi connectivity index (χ2v) is 5.50. The molecule has 2 heterocycles. The van der Waals surface area contributed by atoms with Gasteiger partial charge in [0.1, 0.15) is 0 Å². The number of benzene rings is 2. The Morgan fingerprint density at radius 3 is 1.54 bits per heavy atom. The summed E-state index contributed by atoms with van der Waals surface area (Å²) >= 11 is 0. The first-order valence-electron chi connectivity index (χ1n) is 7.35. The van der Waals surface area contributed by atoms with Crippen LogP contribution < -0.4 is 11.3 Å². The third kappa shape index (κ3) is 2.28. The molecule has 0 radical (unpaired) electrons. The van der Waals surface area contributed by atoms with Crippen molar-refractivity contribution in [3.05, 3.63) is 69.0 Å². The highest BCUT2D eigenvalue weighted by molar-refractivity contribution is 5.87. The van der Waals surface area contributed by atoms with Crippen molar-refractivity contribution in [3.63, 3.8) is 0 Å². The Labute approximate surface area is 135 Å². The quantitative estimate of drug-likeness (QED) is 0.536. The van der Waals surface area contributed by atoms with Gasteiger partial charge in [0.2, 0.25) is 0 Å². The van der Waals surface area contributed by atoms with Gasteiger partial charge in [0, 0.05) is 13.8 Å². The molecule has 0 saturated heterocycles. The lowest BCUT2D eigenvalue weighted by atomic mass is 10.0. The summed E-state index contributed by atoms with van der Waals surface area (Å²) in [6, 6.07) is 10.6. The minimum absolute atomic E-state index is 0.324. The van der Waals surface area contributed by atoms with Gasteiger partial charge in [-0.1, -0.05) is 12.1 Å². The zero-order valence-electron chi connectivity index (χ0n) is 13.0. The minimum Gasteiger partial charge on any atom is -0.408 e. The maximum Gasteiger partial charge on any atom is 0.346 e. The maximum absolute atomic E-state index is 12.0. The van der Waals surface area contributed by atoms with Crippen molar-refractivity contribution in [2.24, 2.45) is 0 Å². The van der Waals surface area contributed by atoms with Crippen LogP contribution in [-0.4, -0.2) is 9.97 Å². The van der Waals surface area contributed by atoms with Gasteiger partial charge in [0.25, 0.3) is 0 Å². The lowest BCUT2D eigenvalue weighted by molar-refractivity contribution is 0.466. The Morgan fingerprint density at radius 2 is 1.12 bits per heavy atom. The zero-order chi connectivity index (χ0) is 16.8. The maximum atomic E-state index is 12.0. The standard InChI is InChI=1S/C18H12N2O4/c1-9-19-15-5-3-11(7-13(15)17(21)23-9)12-4-6-16-14(8-12)18(22)24-10(2)20-16/h3-8H,1-2H3. The molecule has 0 aliphatic rings. The van der Waals surface area contributed by atoms with Gasteiger partial charge in [-0.05, 0) is 35.4 Å². The number of nitrogens with zero attached hydrogens (tertiary/aromatic N) is 2. The smallest absolute Gasteiger partial charge is 0.346 e. The lowest BCUT2D eigenvalue weighted by Crippen LogP contribution is -2.04. The van der Waals surface area contributed by atoms with Crippen LogP contribution in [0.2, 0.25) is 0 Å². The fourth-order valence-corrected chi connectivity index (χ4v) is 2.72. The molecule has 0 atom stereocenters. The van der Waals surface area contributed by atoms with E-state index >= 15 is 0 Å². The van der Waals surface area contributed by atoms with Gasteiger partial charge in [0.15, 0.2) is 11.8 Å². The Kier molecular flexibility index (Phi) is 3.06. The Morgan fingerprint density at radius 1 is 0.708 bits per heavy atom. The second-order valence-electron chi connectivity index (χ2n) is 5.50. The molecule has 0 N–H and O–H groups in total. The Bertz CT molecular complexity index is 1120. The molecular weight excluding hydrogens is 308 g/mol. The summed E-state index contributed by atoms with van der Waals surface area (Å²) < 4.78 is 10.1. The first-order valence-corrected chi connectivity index (χ1v) is 7.35. The molecule has 0 amide bonds. The first-order chi connectivity index (χ1) is 11.5. The van der Waals surface area contributed by atoms with Crippen LogP contribution in [0.15, 0.2) is 54.8 Å². The molecule has 2 aromatic heterocycles. The van der Waals surface area contributed by atoms with Crippen LogP contribution in [0.5, 0.6) is 0 Å². The van der Waals surface area contributed by atoms with Crippen molar-refractivity contribution in [1.29, 1.82) is 0 Å². The first kappa shape index (κ1) is 14.3.